The van der Waals surface area contributed by atoms with E-state index in [2.05, 4.69) is 22.2 Å². The smallest absolute Gasteiger partial charge is 0.244 e. The summed E-state index contributed by atoms with van der Waals surface area (Å²) in [5, 5.41) is 9.41. The molecule has 136 valence electrons. The molecule has 26 heavy (non-hydrogen) atoms. The van der Waals surface area contributed by atoms with Crippen molar-refractivity contribution in [2.45, 2.75) is 32.0 Å². The van der Waals surface area contributed by atoms with E-state index in [4.69, 9.17) is 4.52 Å². The molecule has 4 rings (SSSR count). The average Bonchev–Trinajstić information content (AvgIpc) is 3.32. The van der Waals surface area contributed by atoms with Crippen LogP contribution in [0.3, 0.4) is 0 Å². The summed E-state index contributed by atoms with van der Waals surface area (Å²) in [6.45, 7) is 2.64. The van der Waals surface area contributed by atoms with Crippen LogP contribution in [-0.4, -0.2) is 56.8 Å². The number of carbonyl (C=O) groups excluding carboxylic acids is 1. The Morgan fingerprint density at radius 3 is 2.85 bits per heavy atom. The SMILES string of the molecule is CN(Cc1noc2ccccc12)C1CCN(C(=O)Cn2cccn2)CC1. The normalized spacial score (nSPS) is 15.8. The number of likely N-dealkylation sites (tertiary alicyclic amines) is 1. The molecule has 0 bridgehead atoms. The Balaban J connectivity index is 1.32. The van der Waals surface area contributed by atoms with Crippen molar-refractivity contribution < 1.29 is 9.32 Å². The maximum Gasteiger partial charge on any atom is 0.244 e. The summed E-state index contributed by atoms with van der Waals surface area (Å²) in [5.74, 6) is 0.136. The summed E-state index contributed by atoms with van der Waals surface area (Å²) in [6, 6.07) is 10.2. The minimum absolute atomic E-state index is 0.136. The predicted molar refractivity (Wildman–Crippen MR) is 97.3 cm³/mol. The van der Waals surface area contributed by atoms with Gasteiger partial charge in [-0.25, -0.2) is 0 Å². The van der Waals surface area contributed by atoms with Gasteiger partial charge in [0.15, 0.2) is 5.58 Å². The van der Waals surface area contributed by atoms with Gasteiger partial charge in [0, 0.05) is 43.5 Å². The second-order valence-electron chi connectivity index (χ2n) is 6.86. The van der Waals surface area contributed by atoms with Crippen LogP contribution < -0.4 is 0 Å². The van der Waals surface area contributed by atoms with E-state index in [1.807, 2.05) is 41.4 Å². The van der Waals surface area contributed by atoms with E-state index in [9.17, 15) is 4.79 Å². The van der Waals surface area contributed by atoms with Crippen LogP contribution in [0, 0.1) is 0 Å². The van der Waals surface area contributed by atoms with E-state index in [1.54, 1.807) is 10.9 Å². The first-order chi connectivity index (χ1) is 12.7. The van der Waals surface area contributed by atoms with Crippen molar-refractivity contribution in [1.82, 2.24) is 24.7 Å². The summed E-state index contributed by atoms with van der Waals surface area (Å²) >= 11 is 0. The Labute approximate surface area is 152 Å². The Morgan fingerprint density at radius 1 is 1.27 bits per heavy atom. The van der Waals surface area contributed by atoms with Gasteiger partial charge in [0.05, 0.1) is 0 Å². The summed E-state index contributed by atoms with van der Waals surface area (Å²) in [7, 11) is 2.12. The Morgan fingerprint density at radius 2 is 2.08 bits per heavy atom. The number of piperidine rings is 1. The third kappa shape index (κ3) is 3.48. The number of amides is 1. The lowest BCUT2D eigenvalue weighted by molar-refractivity contribution is -0.133. The highest BCUT2D eigenvalue weighted by Gasteiger charge is 2.26. The van der Waals surface area contributed by atoms with Gasteiger partial charge in [-0.1, -0.05) is 17.3 Å². The molecule has 3 heterocycles. The van der Waals surface area contributed by atoms with Crippen LogP contribution >= 0.6 is 0 Å². The van der Waals surface area contributed by atoms with Crippen molar-refractivity contribution in [2.75, 3.05) is 20.1 Å². The molecule has 0 spiro atoms. The number of nitrogens with zero attached hydrogens (tertiary/aromatic N) is 5. The zero-order valence-electron chi connectivity index (χ0n) is 14.9. The van der Waals surface area contributed by atoms with Crippen LogP contribution in [0.4, 0.5) is 0 Å². The zero-order valence-corrected chi connectivity index (χ0v) is 14.9. The molecule has 0 unspecified atom stereocenters. The molecular weight excluding hydrogens is 330 g/mol. The number of benzene rings is 1. The second kappa shape index (κ2) is 7.29. The number of hydrogen-bond acceptors (Lipinski definition) is 5. The van der Waals surface area contributed by atoms with Gasteiger partial charge in [0.1, 0.15) is 12.2 Å². The summed E-state index contributed by atoms with van der Waals surface area (Å²) in [5.41, 5.74) is 1.80. The van der Waals surface area contributed by atoms with Gasteiger partial charge in [-0.3, -0.25) is 14.4 Å². The molecule has 7 heteroatoms. The maximum atomic E-state index is 12.4. The van der Waals surface area contributed by atoms with Gasteiger partial charge in [-0.2, -0.15) is 5.10 Å². The van der Waals surface area contributed by atoms with E-state index in [0.717, 1.165) is 49.1 Å². The van der Waals surface area contributed by atoms with Gasteiger partial charge >= 0.3 is 0 Å². The summed E-state index contributed by atoms with van der Waals surface area (Å²) < 4.78 is 7.07. The highest BCUT2D eigenvalue weighted by molar-refractivity contribution is 5.79. The van der Waals surface area contributed by atoms with Gasteiger partial charge in [-0.05, 0) is 38.1 Å². The molecule has 0 aliphatic carbocycles. The number of para-hydroxylation sites is 1. The molecule has 0 atom stereocenters. The van der Waals surface area contributed by atoms with Crippen LogP contribution in [0.5, 0.6) is 0 Å². The van der Waals surface area contributed by atoms with Gasteiger partial charge in [-0.15, -0.1) is 0 Å². The molecule has 1 aliphatic heterocycles. The van der Waals surface area contributed by atoms with Gasteiger partial charge in [0.2, 0.25) is 5.91 Å². The molecular formula is C19H23N5O2. The molecule has 1 amide bonds. The quantitative estimate of drug-likeness (QED) is 0.703. The predicted octanol–water partition coefficient (Wildman–Crippen LogP) is 2.15. The van der Waals surface area contributed by atoms with Gasteiger partial charge in [0.25, 0.3) is 0 Å². The highest BCUT2D eigenvalue weighted by atomic mass is 16.5. The van der Waals surface area contributed by atoms with Crippen molar-refractivity contribution >= 4 is 16.9 Å². The Hall–Kier alpha value is -2.67. The largest absolute Gasteiger partial charge is 0.356 e. The van der Waals surface area contributed by atoms with E-state index < -0.39 is 0 Å². The van der Waals surface area contributed by atoms with Crippen LogP contribution in [0.2, 0.25) is 0 Å². The Kier molecular flexibility index (Phi) is 4.71. The number of fused-ring (bicyclic) bond motifs is 1. The molecule has 1 fully saturated rings. The first-order valence-corrected chi connectivity index (χ1v) is 8.99. The number of carbonyl (C=O) groups is 1. The van der Waals surface area contributed by atoms with Crippen molar-refractivity contribution in [3.05, 3.63) is 48.4 Å². The van der Waals surface area contributed by atoms with Crippen molar-refractivity contribution in [1.29, 1.82) is 0 Å². The molecule has 0 saturated carbocycles. The first-order valence-electron chi connectivity index (χ1n) is 8.99. The minimum atomic E-state index is 0.136. The standard InChI is InChI=1S/C19H23N5O2/c1-22(13-17-16-5-2-3-6-18(16)26-21-17)15-7-11-23(12-8-15)19(25)14-24-10-4-9-20-24/h2-6,9-10,15H,7-8,11-14H2,1H3. The molecule has 0 N–H and O–H groups in total. The fourth-order valence-corrected chi connectivity index (χ4v) is 3.61. The number of hydrogen-bond donors (Lipinski definition) is 0. The van der Waals surface area contributed by atoms with E-state index in [-0.39, 0.29) is 5.91 Å². The van der Waals surface area contributed by atoms with E-state index in [0.29, 0.717) is 12.6 Å². The monoisotopic (exact) mass is 353 g/mol. The number of rotatable bonds is 5. The van der Waals surface area contributed by atoms with Crippen LogP contribution in [0.15, 0.2) is 47.2 Å². The second-order valence-corrected chi connectivity index (χ2v) is 6.86. The third-order valence-electron chi connectivity index (χ3n) is 5.15. The summed E-state index contributed by atoms with van der Waals surface area (Å²) in [6.07, 6.45) is 5.46. The van der Waals surface area contributed by atoms with Crippen molar-refractivity contribution in [3.63, 3.8) is 0 Å². The molecule has 0 radical (unpaired) electrons. The minimum Gasteiger partial charge on any atom is -0.356 e. The molecule has 7 nitrogen and oxygen atoms in total. The van der Waals surface area contributed by atoms with Crippen LogP contribution in [0.1, 0.15) is 18.5 Å². The topological polar surface area (TPSA) is 67.4 Å². The summed E-state index contributed by atoms with van der Waals surface area (Å²) in [4.78, 5) is 16.6. The fourth-order valence-electron chi connectivity index (χ4n) is 3.61. The van der Waals surface area contributed by atoms with E-state index in [1.165, 1.54) is 0 Å². The average molecular weight is 353 g/mol. The lowest BCUT2D eigenvalue weighted by Gasteiger charge is -2.36. The van der Waals surface area contributed by atoms with Gasteiger partial charge < -0.3 is 9.42 Å². The van der Waals surface area contributed by atoms with Crippen LogP contribution in [0.25, 0.3) is 11.0 Å². The molecule has 2 aromatic heterocycles. The lowest BCUT2D eigenvalue weighted by atomic mass is 10.0. The molecule has 1 aliphatic rings. The highest BCUT2D eigenvalue weighted by Crippen LogP contribution is 2.22. The molecule has 1 saturated heterocycles. The Bertz CT molecular complexity index is 865. The maximum absolute atomic E-state index is 12.4. The third-order valence-corrected chi connectivity index (χ3v) is 5.15. The van der Waals surface area contributed by atoms with Crippen molar-refractivity contribution in [2.24, 2.45) is 0 Å². The first kappa shape index (κ1) is 16.8. The molecule has 1 aromatic carbocycles. The number of aromatic nitrogens is 3. The fraction of sp³-hybridized carbons (Fsp3) is 0.421. The molecule has 3 aromatic rings. The lowest BCUT2D eigenvalue weighted by Crippen LogP contribution is -2.46. The van der Waals surface area contributed by atoms with Crippen LogP contribution in [-0.2, 0) is 17.9 Å². The van der Waals surface area contributed by atoms with Crippen molar-refractivity contribution in [3.8, 4) is 0 Å². The zero-order chi connectivity index (χ0) is 17.9. The van der Waals surface area contributed by atoms with E-state index >= 15 is 0 Å².